The van der Waals surface area contributed by atoms with Crippen molar-refractivity contribution in [2.75, 3.05) is 0 Å². The summed E-state index contributed by atoms with van der Waals surface area (Å²) in [5, 5.41) is 0. The summed E-state index contributed by atoms with van der Waals surface area (Å²) >= 11 is 0. The standard InChI is InChI=1S/C13H29N/c1-4-7-8-9-10-11-12-13(14,5-2)6-3/h4-12,14H2,1-3H3. The van der Waals surface area contributed by atoms with Gasteiger partial charge >= 0.3 is 0 Å². The lowest BCUT2D eigenvalue weighted by Gasteiger charge is -2.26. The van der Waals surface area contributed by atoms with Crippen LogP contribution >= 0.6 is 0 Å². The lowest BCUT2D eigenvalue weighted by molar-refractivity contribution is 0.350. The molecule has 0 spiro atoms. The molecular formula is C13H29N. The molecular weight excluding hydrogens is 170 g/mol. The van der Waals surface area contributed by atoms with Crippen LogP contribution in [0.2, 0.25) is 0 Å². The quantitative estimate of drug-likeness (QED) is 0.552. The highest BCUT2D eigenvalue weighted by molar-refractivity contribution is 4.80. The molecule has 0 aliphatic carbocycles. The zero-order chi connectivity index (χ0) is 10.9. The van der Waals surface area contributed by atoms with Crippen molar-refractivity contribution >= 4 is 0 Å². The average molecular weight is 199 g/mol. The summed E-state index contributed by atoms with van der Waals surface area (Å²) in [4.78, 5) is 0. The van der Waals surface area contributed by atoms with Crippen molar-refractivity contribution in [3.8, 4) is 0 Å². The SMILES string of the molecule is CCCCCCCCC(N)(CC)CC. The first-order valence-electron chi connectivity index (χ1n) is 6.47. The van der Waals surface area contributed by atoms with E-state index in [9.17, 15) is 0 Å². The van der Waals surface area contributed by atoms with E-state index in [1.165, 1.54) is 44.9 Å². The van der Waals surface area contributed by atoms with Crippen LogP contribution in [0.4, 0.5) is 0 Å². The fraction of sp³-hybridized carbons (Fsp3) is 1.00. The summed E-state index contributed by atoms with van der Waals surface area (Å²) in [5.41, 5.74) is 6.37. The van der Waals surface area contributed by atoms with Crippen molar-refractivity contribution in [3.63, 3.8) is 0 Å². The van der Waals surface area contributed by atoms with Gasteiger partial charge in [0.05, 0.1) is 0 Å². The number of hydrogen-bond acceptors (Lipinski definition) is 1. The Kier molecular flexibility index (Phi) is 8.26. The Morgan fingerprint density at radius 1 is 0.786 bits per heavy atom. The largest absolute Gasteiger partial charge is 0.325 e. The van der Waals surface area contributed by atoms with Crippen LogP contribution in [-0.2, 0) is 0 Å². The van der Waals surface area contributed by atoms with Gasteiger partial charge in [0.15, 0.2) is 0 Å². The van der Waals surface area contributed by atoms with Crippen LogP contribution < -0.4 is 5.73 Å². The first kappa shape index (κ1) is 14.0. The van der Waals surface area contributed by atoms with E-state index in [1.54, 1.807) is 0 Å². The average Bonchev–Trinajstić information content (AvgIpc) is 2.23. The molecule has 0 aliphatic rings. The minimum atomic E-state index is 0.130. The smallest absolute Gasteiger partial charge is 0.0149 e. The molecule has 0 bridgehead atoms. The van der Waals surface area contributed by atoms with Gasteiger partial charge < -0.3 is 5.73 Å². The summed E-state index contributed by atoms with van der Waals surface area (Å²) in [6.45, 7) is 6.68. The van der Waals surface area contributed by atoms with Crippen LogP contribution in [0.3, 0.4) is 0 Å². The summed E-state index contributed by atoms with van der Waals surface area (Å²) in [5.74, 6) is 0. The highest BCUT2D eigenvalue weighted by Gasteiger charge is 2.18. The number of hydrogen-bond donors (Lipinski definition) is 1. The molecule has 0 fully saturated rings. The highest BCUT2D eigenvalue weighted by atomic mass is 14.7. The van der Waals surface area contributed by atoms with Gasteiger partial charge in [0.25, 0.3) is 0 Å². The van der Waals surface area contributed by atoms with Crippen molar-refractivity contribution in [2.45, 2.75) is 84.1 Å². The summed E-state index contributed by atoms with van der Waals surface area (Å²) < 4.78 is 0. The van der Waals surface area contributed by atoms with E-state index in [0.717, 1.165) is 12.8 Å². The summed E-state index contributed by atoms with van der Waals surface area (Å²) in [6, 6.07) is 0. The zero-order valence-corrected chi connectivity index (χ0v) is 10.4. The van der Waals surface area contributed by atoms with Crippen LogP contribution in [-0.4, -0.2) is 5.54 Å². The molecule has 0 radical (unpaired) electrons. The zero-order valence-electron chi connectivity index (χ0n) is 10.4. The molecule has 2 N–H and O–H groups in total. The Morgan fingerprint density at radius 3 is 1.79 bits per heavy atom. The Bertz CT molecular complexity index is 116. The number of unbranched alkanes of at least 4 members (excludes halogenated alkanes) is 5. The molecule has 1 nitrogen and oxygen atoms in total. The molecule has 0 aromatic carbocycles. The molecule has 0 rings (SSSR count). The Morgan fingerprint density at radius 2 is 1.29 bits per heavy atom. The third-order valence-electron chi connectivity index (χ3n) is 3.44. The first-order valence-corrected chi connectivity index (χ1v) is 6.47. The molecule has 0 aromatic rings. The van der Waals surface area contributed by atoms with Gasteiger partial charge in [0, 0.05) is 5.54 Å². The van der Waals surface area contributed by atoms with E-state index < -0.39 is 0 Å². The van der Waals surface area contributed by atoms with E-state index in [2.05, 4.69) is 20.8 Å². The molecule has 0 saturated carbocycles. The first-order chi connectivity index (χ1) is 6.68. The predicted octanol–water partition coefficient (Wildman–Crippen LogP) is 4.25. The van der Waals surface area contributed by atoms with Crippen molar-refractivity contribution in [3.05, 3.63) is 0 Å². The topological polar surface area (TPSA) is 26.0 Å². The fourth-order valence-electron chi connectivity index (χ4n) is 1.86. The summed E-state index contributed by atoms with van der Waals surface area (Å²) in [7, 11) is 0. The second-order valence-corrected chi connectivity index (χ2v) is 4.59. The van der Waals surface area contributed by atoms with Gasteiger partial charge in [-0.25, -0.2) is 0 Å². The molecule has 0 heterocycles. The van der Waals surface area contributed by atoms with Crippen molar-refractivity contribution in [1.29, 1.82) is 0 Å². The van der Waals surface area contributed by atoms with Gasteiger partial charge in [-0.3, -0.25) is 0 Å². The fourth-order valence-corrected chi connectivity index (χ4v) is 1.86. The van der Waals surface area contributed by atoms with Crippen LogP contribution in [0.25, 0.3) is 0 Å². The van der Waals surface area contributed by atoms with E-state index in [1.807, 2.05) is 0 Å². The van der Waals surface area contributed by atoms with E-state index in [-0.39, 0.29) is 5.54 Å². The molecule has 0 saturated heterocycles. The Labute approximate surface area is 90.5 Å². The highest BCUT2D eigenvalue weighted by Crippen LogP contribution is 2.20. The second kappa shape index (κ2) is 8.28. The molecule has 0 atom stereocenters. The molecule has 14 heavy (non-hydrogen) atoms. The van der Waals surface area contributed by atoms with Gasteiger partial charge in [-0.1, -0.05) is 59.3 Å². The normalized spacial score (nSPS) is 12.0. The van der Waals surface area contributed by atoms with Gasteiger partial charge in [0.2, 0.25) is 0 Å². The molecule has 0 amide bonds. The van der Waals surface area contributed by atoms with Crippen LogP contribution in [0.1, 0.15) is 78.6 Å². The van der Waals surface area contributed by atoms with Gasteiger partial charge in [-0.2, -0.15) is 0 Å². The van der Waals surface area contributed by atoms with Crippen molar-refractivity contribution in [2.24, 2.45) is 5.73 Å². The molecule has 86 valence electrons. The van der Waals surface area contributed by atoms with E-state index >= 15 is 0 Å². The van der Waals surface area contributed by atoms with Gasteiger partial charge in [-0.05, 0) is 19.3 Å². The van der Waals surface area contributed by atoms with Crippen molar-refractivity contribution < 1.29 is 0 Å². The third kappa shape index (κ3) is 6.42. The van der Waals surface area contributed by atoms with Crippen LogP contribution in [0, 0.1) is 0 Å². The van der Waals surface area contributed by atoms with Crippen LogP contribution in [0.5, 0.6) is 0 Å². The third-order valence-corrected chi connectivity index (χ3v) is 3.44. The van der Waals surface area contributed by atoms with Gasteiger partial charge in [0.1, 0.15) is 0 Å². The Balaban J connectivity index is 3.34. The molecule has 0 unspecified atom stereocenters. The molecule has 0 aromatic heterocycles. The lowest BCUT2D eigenvalue weighted by atomic mass is 9.88. The summed E-state index contributed by atoms with van der Waals surface area (Å²) in [6.07, 6.45) is 11.7. The van der Waals surface area contributed by atoms with Crippen molar-refractivity contribution in [1.82, 2.24) is 0 Å². The second-order valence-electron chi connectivity index (χ2n) is 4.59. The minimum absolute atomic E-state index is 0.130. The minimum Gasteiger partial charge on any atom is -0.325 e. The maximum atomic E-state index is 6.24. The Hall–Kier alpha value is -0.0400. The number of rotatable bonds is 9. The maximum Gasteiger partial charge on any atom is 0.0149 e. The maximum absolute atomic E-state index is 6.24. The monoisotopic (exact) mass is 199 g/mol. The predicted molar refractivity (Wildman–Crippen MR) is 65.5 cm³/mol. The van der Waals surface area contributed by atoms with E-state index in [4.69, 9.17) is 5.73 Å². The van der Waals surface area contributed by atoms with Gasteiger partial charge in [-0.15, -0.1) is 0 Å². The van der Waals surface area contributed by atoms with Crippen LogP contribution in [0.15, 0.2) is 0 Å². The molecule has 0 aliphatic heterocycles. The lowest BCUT2D eigenvalue weighted by Crippen LogP contribution is -2.38. The molecule has 1 heteroatoms. The van der Waals surface area contributed by atoms with E-state index in [0.29, 0.717) is 0 Å². The number of nitrogens with two attached hydrogens (primary N) is 1.